The standard InChI is InChI=1S/C13H20/c1-11(2)10-13(8-9-13)12-6-4-3-5-7-12/h4,6-7,11H,3,5,8-10H2,1-2H3. The van der Waals surface area contributed by atoms with Crippen molar-refractivity contribution in [1.29, 1.82) is 0 Å². The molecule has 1 fully saturated rings. The molecule has 0 aromatic carbocycles. The van der Waals surface area contributed by atoms with Crippen LogP contribution in [0.1, 0.15) is 46.0 Å². The summed E-state index contributed by atoms with van der Waals surface area (Å²) in [5.41, 5.74) is 2.26. The number of rotatable bonds is 3. The Bertz CT molecular complexity index is 239. The third-order valence-electron chi connectivity index (χ3n) is 3.26. The summed E-state index contributed by atoms with van der Waals surface area (Å²) >= 11 is 0. The van der Waals surface area contributed by atoms with Crippen LogP contribution in [0.3, 0.4) is 0 Å². The van der Waals surface area contributed by atoms with Crippen LogP contribution in [0, 0.1) is 11.3 Å². The predicted molar refractivity (Wildman–Crippen MR) is 57.6 cm³/mol. The molecule has 0 nitrogen and oxygen atoms in total. The molecular weight excluding hydrogens is 156 g/mol. The fourth-order valence-electron chi connectivity index (χ4n) is 2.55. The summed E-state index contributed by atoms with van der Waals surface area (Å²) in [4.78, 5) is 0. The van der Waals surface area contributed by atoms with Gasteiger partial charge in [0.1, 0.15) is 0 Å². The minimum Gasteiger partial charge on any atom is -0.0839 e. The van der Waals surface area contributed by atoms with E-state index in [4.69, 9.17) is 0 Å². The summed E-state index contributed by atoms with van der Waals surface area (Å²) in [6.45, 7) is 4.68. The SMILES string of the molecule is CC(C)CC1(C2=CCCC=C2)CC1. The lowest BCUT2D eigenvalue weighted by atomic mass is 9.84. The highest BCUT2D eigenvalue weighted by Crippen LogP contribution is 2.57. The Morgan fingerprint density at radius 2 is 2.08 bits per heavy atom. The first-order chi connectivity index (χ1) is 6.23. The Morgan fingerprint density at radius 1 is 1.31 bits per heavy atom. The summed E-state index contributed by atoms with van der Waals surface area (Å²) in [5, 5.41) is 0. The maximum Gasteiger partial charge on any atom is -0.00472 e. The van der Waals surface area contributed by atoms with Gasteiger partial charge in [-0.05, 0) is 49.0 Å². The van der Waals surface area contributed by atoms with Gasteiger partial charge in [0.2, 0.25) is 0 Å². The topological polar surface area (TPSA) is 0 Å². The van der Waals surface area contributed by atoms with Crippen molar-refractivity contribution in [3.63, 3.8) is 0 Å². The highest BCUT2D eigenvalue weighted by molar-refractivity contribution is 5.34. The van der Waals surface area contributed by atoms with Gasteiger partial charge >= 0.3 is 0 Å². The van der Waals surface area contributed by atoms with Crippen molar-refractivity contribution < 1.29 is 0 Å². The van der Waals surface area contributed by atoms with Crippen LogP contribution < -0.4 is 0 Å². The fourth-order valence-corrected chi connectivity index (χ4v) is 2.55. The van der Waals surface area contributed by atoms with Gasteiger partial charge in [0.25, 0.3) is 0 Å². The van der Waals surface area contributed by atoms with Gasteiger partial charge < -0.3 is 0 Å². The molecule has 13 heavy (non-hydrogen) atoms. The molecule has 2 rings (SSSR count). The molecule has 0 N–H and O–H groups in total. The predicted octanol–water partition coefficient (Wildman–Crippen LogP) is 4.09. The minimum atomic E-state index is 0.616. The average Bonchev–Trinajstić information content (AvgIpc) is 2.86. The fraction of sp³-hybridized carbons (Fsp3) is 0.692. The van der Waals surface area contributed by atoms with E-state index in [9.17, 15) is 0 Å². The lowest BCUT2D eigenvalue weighted by Crippen LogP contribution is -2.08. The largest absolute Gasteiger partial charge is 0.0839 e. The second-order valence-electron chi connectivity index (χ2n) is 5.02. The molecule has 0 spiro atoms. The molecule has 0 bridgehead atoms. The van der Waals surface area contributed by atoms with Crippen molar-refractivity contribution in [2.75, 3.05) is 0 Å². The van der Waals surface area contributed by atoms with E-state index in [0.717, 1.165) is 5.92 Å². The second-order valence-corrected chi connectivity index (χ2v) is 5.02. The number of hydrogen-bond acceptors (Lipinski definition) is 0. The molecule has 0 heteroatoms. The second kappa shape index (κ2) is 3.32. The van der Waals surface area contributed by atoms with E-state index >= 15 is 0 Å². The lowest BCUT2D eigenvalue weighted by Gasteiger charge is -2.20. The minimum absolute atomic E-state index is 0.616. The zero-order valence-corrected chi connectivity index (χ0v) is 8.84. The Morgan fingerprint density at radius 3 is 2.54 bits per heavy atom. The maximum atomic E-state index is 2.47. The van der Waals surface area contributed by atoms with Crippen LogP contribution in [0.2, 0.25) is 0 Å². The van der Waals surface area contributed by atoms with E-state index in [2.05, 4.69) is 32.1 Å². The molecule has 0 amide bonds. The summed E-state index contributed by atoms with van der Waals surface area (Å²) < 4.78 is 0. The smallest absolute Gasteiger partial charge is 0.00472 e. The summed E-state index contributed by atoms with van der Waals surface area (Å²) in [6, 6.07) is 0. The van der Waals surface area contributed by atoms with Gasteiger partial charge in [-0.15, -0.1) is 0 Å². The molecule has 72 valence electrons. The van der Waals surface area contributed by atoms with E-state index in [1.165, 1.54) is 32.1 Å². The molecule has 0 aromatic heterocycles. The van der Waals surface area contributed by atoms with Gasteiger partial charge in [-0.2, -0.15) is 0 Å². The Hall–Kier alpha value is -0.520. The first kappa shape index (κ1) is 9.05. The third-order valence-corrected chi connectivity index (χ3v) is 3.26. The molecule has 0 heterocycles. The molecular formula is C13H20. The van der Waals surface area contributed by atoms with Crippen LogP contribution in [-0.4, -0.2) is 0 Å². The van der Waals surface area contributed by atoms with Crippen LogP contribution in [0.15, 0.2) is 23.8 Å². The van der Waals surface area contributed by atoms with E-state index < -0.39 is 0 Å². The van der Waals surface area contributed by atoms with Crippen molar-refractivity contribution >= 4 is 0 Å². The zero-order valence-electron chi connectivity index (χ0n) is 8.84. The number of allylic oxidation sites excluding steroid dienone is 4. The van der Waals surface area contributed by atoms with Crippen LogP contribution in [0.4, 0.5) is 0 Å². The van der Waals surface area contributed by atoms with Gasteiger partial charge in [-0.1, -0.05) is 32.1 Å². The Balaban J connectivity index is 2.06. The molecule has 2 aliphatic rings. The summed E-state index contributed by atoms with van der Waals surface area (Å²) in [6.07, 6.45) is 14.0. The Kier molecular flexibility index (Phi) is 2.31. The van der Waals surface area contributed by atoms with E-state index in [0.29, 0.717) is 5.41 Å². The molecule has 0 unspecified atom stereocenters. The van der Waals surface area contributed by atoms with Crippen LogP contribution >= 0.6 is 0 Å². The van der Waals surface area contributed by atoms with Crippen molar-refractivity contribution in [2.24, 2.45) is 11.3 Å². The Labute approximate surface area is 81.7 Å². The van der Waals surface area contributed by atoms with E-state index in [1.54, 1.807) is 5.57 Å². The molecule has 2 aliphatic carbocycles. The summed E-state index contributed by atoms with van der Waals surface area (Å²) in [7, 11) is 0. The summed E-state index contributed by atoms with van der Waals surface area (Å²) in [5.74, 6) is 0.846. The third kappa shape index (κ3) is 1.87. The molecule has 0 aliphatic heterocycles. The highest BCUT2D eigenvalue weighted by atomic mass is 14.5. The van der Waals surface area contributed by atoms with Crippen molar-refractivity contribution in [2.45, 2.75) is 46.0 Å². The molecule has 0 radical (unpaired) electrons. The quantitative estimate of drug-likeness (QED) is 0.607. The molecule has 1 saturated carbocycles. The average molecular weight is 176 g/mol. The lowest BCUT2D eigenvalue weighted by molar-refractivity contribution is 0.447. The zero-order chi connectivity index (χ0) is 9.31. The van der Waals surface area contributed by atoms with E-state index in [-0.39, 0.29) is 0 Å². The normalized spacial score (nSPS) is 24.7. The van der Waals surface area contributed by atoms with Crippen LogP contribution in [-0.2, 0) is 0 Å². The van der Waals surface area contributed by atoms with Gasteiger partial charge in [0.15, 0.2) is 0 Å². The van der Waals surface area contributed by atoms with Gasteiger partial charge in [0, 0.05) is 0 Å². The van der Waals surface area contributed by atoms with Crippen molar-refractivity contribution in [3.8, 4) is 0 Å². The first-order valence-corrected chi connectivity index (χ1v) is 5.60. The monoisotopic (exact) mass is 176 g/mol. The van der Waals surface area contributed by atoms with Crippen LogP contribution in [0.25, 0.3) is 0 Å². The van der Waals surface area contributed by atoms with Crippen LogP contribution in [0.5, 0.6) is 0 Å². The van der Waals surface area contributed by atoms with Crippen molar-refractivity contribution in [1.82, 2.24) is 0 Å². The molecule has 0 atom stereocenters. The van der Waals surface area contributed by atoms with E-state index in [1.807, 2.05) is 0 Å². The molecule has 0 saturated heterocycles. The van der Waals surface area contributed by atoms with Gasteiger partial charge in [-0.25, -0.2) is 0 Å². The van der Waals surface area contributed by atoms with Gasteiger partial charge in [0.05, 0.1) is 0 Å². The first-order valence-electron chi connectivity index (χ1n) is 5.60. The maximum absolute atomic E-state index is 2.47. The number of hydrogen-bond donors (Lipinski definition) is 0. The highest BCUT2D eigenvalue weighted by Gasteiger charge is 2.44. The van der Waals surface area contributed by atoms with Crippen molar-refractivity contribution in [3.05, 3.63) is 23.8 Å². The van der Waals surface area contributed by atoms with Gasteiger partial charge in [-0.3, -0.25) is 0 Å². The molecule has 0 aromatic rings.